The van der Waals surface area contributed by atoms with Crippen molar-refractivity contribution in [3.8, 4) is 11.5 Å². The molecule has 0 saturated heterocycles. The first-order valence-corrected chi connectivity index (χ1v) is 10.5. The van der Waals surface area contributed by atoms with Crippen LogP contribution in [0.5, 0.6) is 11.5 Å². The number of halogens is 1. The molecule has 0 saturated carbocycles. The molecular formula is C23H22ClN3O6. The fourth-order valence-corrected chi connectivity index (χ4v) is 4.00. The number of ether oxygens (including phenoxy) is 3. The van der Waals surface area contributed by atoms with Crippen LogP contribution in [0.25, 0.3) is 0 Å². The van der Waals surface area contributed by atoms with Crippen LogP contribution in [0.3, 0.4) is 0 Å². The van der Waals surface area contributed by atoms with Crippen molar-refractivity contribution >= 4 is 29.5 Å². The Bertz CT molecular complexity index is 1130. The van der Waals surface area contributed by atoms with Crippen LogP contribution in [0.2, 0.25) is 5.02 Å². The molecule has 4 rings (SSSR count). The maximum Gasteiger partial charge on any atom is 0.338 e. The number of para-hydroxylation sites is 1. The Morgan fingerprint density at radius 3 is 2.64 bits per heavy atom. The normalized spacial score (nSPS) is 17.3. The molecule has 2 N–H and O–H groups in total. The van der Waals surface area contributed by atoms with Gasteiger partial charge < -0.3 is 24.8 Å². The van der Waals surface area contributed by atoms with E-state index >= 15 is 0 Å². The Hall–Kier alpha value is -3.72. The number of cyclic esters (lactones) is 1. The largest absolute Gasteiger partial charge is 0.493 e. The molecule has 1 atom stereocenters. The summed E-state index contributed by atoms with van der Waals surface area (Å²) in [5.74, 6) is 0.119. The Balaban J connectivity index is 1.51. The average Bonchev–Trinajstić information content (AvgIpc) is 3.21. The predicted molar refractivity (Wildman–Crippen MR) is 119 cm³/mol. The lowest BCUT2D eigenvalue weighted by Crippen LogP contribution is -2.50. The highest BCUT2D eigenvalue weighted by molar-refractivity contribution is 6.30. The van der Waals surface area contributed by atoms with E-state index in [0.717, 1.165) is 5.56 Å². The lowest BCUT2D eigenvalue weighted by Gasteiger charge is -2.32. The van der Waals surface area contributed by atoms with Crippen molar-refractivity contribution in [2.24, 2.45) is 0 Å². The molecule has 9 nitrogen and oxygen atoms in total. The Kier molecular flexibility index (Phi) is 6.41. The molecule has 0 radical (unpaired) electrons. The van der Waals surface area contributed by atoms with Gasteiger partial charge in [0.05, 0.1) is 31.5 Å². The maximum atomic E-state index is 12.9. The summed E-state index contributed by atoms with van der Waals surface area (Å²) in [5.41, 5.74) is 2.08. The molecular weight excluding hydrogens is 450 g/mol. The van der Waals surface area contributed by atoms with Crippen LogP contribution in [0.4, 0.5) is 4.79 Å². The number of hydrogen-bond donors (Lipinski definition) is 2. The summed E-state index contributed by atoms with van der Waals surface area (Å²) in [6.07, 6.45) is 0. The Morgan fingerprint density at radius 2 is 1.94 bits per heavy atom. The fraction of sp³-hybridized carbons (Fsp3) is 0.261. The highest BCUT2D eigenvalue weighted by Crippen LogP contribution is 2.35. The van der Waals surface area contributed by atoms with Gasteiger partial charge in [0, 0.05) is 17.1 Å². The number of nitrogens with zero attached hydrogens (tertiary/aromatic N) is 1. The minimum Gasteiger partial charge on any atom is -0.493 e. The molecule has 0 bridgehead atoms. The second-order valence-corrected chi connectivity index (χ2v) is 7.82. The van der Waals surface area contributed by atoms with E-state index in [-0.39, 0.29) is 19.7 Å². The maximum absolute atomic E-state index is 12.9. The van der Waals surface area contributed by atoms with Gasteiger partial charge in [-0.15, -0.1) is 0 Å². The van der Waals surface area contributed by atoms with Crippen LogP contribution in [0.1, 0.15) is 17.2 Å². The highest BCUT2D eigenvalue weighted by Gasteiger charge is 2.42. The summed E-state index contributed by atoms with van der Waals surface area (Å²) in [5, 5.41) is 6.10. The van der Waals surface area contributed by atoms with Crippen LogP contribution in [0.15, 0.2) is 53.7 Å². The van der Waals surface area contributed by atoms with Gasteiger partial charge in [0.1, 0.15) is 13.2 Å². The summed E-state index contributed by atoms with van der Waals surface area (Å²) in [4.78, 5) is 39.2. The number of benzene rings is 2. The van der Waals surface area contributed by atoms with Gasteiger partial charge >= 0.3 is 12.0 Å². The van der Waals surface area contributed by atoms with Gasteiger partial charge in [0.25, 0.3) is 0 Å². The van der Waals surface area contributed by atoms with Crippen molar-refractivity contribution < 1.29 is 28.6 Å². The first-order valence-electron chi connectivity index (χ1n) is 10.1. The third kappa shape index (κ3) is 4.45. The van der Waals surface area contributed by atoms with E-state index in [1.165, 1.54) is 19.1 Å². The molecule has 33 heavy (non-hydrogen) atoms. The van der Waals surface area contributed by atoms with Crippen molar-refractivity contribution in [3.63, 3.8) is 0 Å². The summed E-state index contributed by atoms with van der Waals surface area (Å²) >= 11 is 5.95. The average molecular weight is 472 g/mol. The summed E-state index contributed by atoms with van der Waals surface area (Å²) in [7, 11) is 3.05. The van der Waals surface area contributed by atoms with Crippen LogP contribution in [-0.4, -0.2) is 50.2 Å². The predicted octanol–water partition coefficient (Wildman–Crippen LogP) is 2.55. The quantitative estimate of drug-likeness (QED) is 0.601. The number of amides is 3. The molecule has 2 aromatic carbocycles. The first-order chi connectivity index (χ1) is 15.9. The molecule has 2 heterocycles. The van der Waals surface area contributed by atoms with Crippen molar-refractivity contribution in [2.75, 3.05) is 27.4 Å². The summed E-state index contributed by atoms with van der Waals surface area (Å²) in [6.45, 7) is -0.188. The molecule has 0 aromatic heterocycles. The topological polar surface area (TPSA) is 106 Å². The van der Waals surface area contributed by atoms with Crippen molar-refractivity contribution in [1.82, 2.24) is 15.5 Å². The number of carbonyl (C=O) groups excluding carboxylic acids is 3. The van der Waals surface area contributed by atoms with Crippen molar-refractivity contribution in [3.05, 3.63) is 69.9 Å². The van der Waals surface area contributed by atoms with Crippen LogP contribution in [-0.2, 0) is 20.9 Å². The fourth-order valence-electron chi connectivity index (χ4n) is 3.87. The van der Waals surface area contributed by atoms with E-state index in [9.17, 15) is 14.4 Å². The van der Waals surface area contributed by atoms with Crippen LogP contribution >= 0.6 is 11.6 Å². The molecule has 0 spiro atoms. The van der Waals surface area contributed by atoms with Crippen LogP contribution in [0, 0.1) is 0 Å². The minimum atomic E-state index is -0.680. The van der Waals surface area contributed by atoms with Crippen molar-refractivity contribution in [1.29, 1.82) is 0 Å². The molecule has 3 amide bonds. The first kappa shape index (κ1) is 22.5. The highest BCUT2D eigenvalue weighted by atomic mass is 35.5. The second-order valence-electron chi connectivity index (χ2n) is 7.39. The van der Waals surface area contributed by atoms with E-state index in [2.05, 4.69) is 10.6 Å². The van der Waals surface area contributed by atoms with E-state index in [0.29, 0.717) is 33.4 Å². The van der Waals surface area contributed by atoms with Crippen molar-refractivity contribution in [2.45, 2.75) is 12.6 Å². The number of urea groups is 1. The van der Waals surface area contributed by atoms with Gasteiger partial charge in [-0.3, -0.25) is 9.69 Å². The lowest BCUT2D eigenvalue weighted by atomic mass is 9.96. The summed E-state index contributed by atoms with van der Waals surface area (Å²) in [6, 6.07) is 11.0. The van der Waals surface area contributed by atoms with Crippen LogP contribution < -0.4 is 20.1 Å². The molecule has 0 unspecified atom stereocenters. The van der Waals surface area contributed by atoms with Gasteiger partial charge in [0.2, 0.25) is 5.91 Å². The van der Waals surface area contributed by atoms with E-state index in [1.807, 2.05) is 0 Å². The number of rotatable bonds is 7. The Morgan fingerprint density at radius 1 is 1.18 bits per heavy atom. The zero-order valence-corrected chi connectivity index (χ0v) is 18.8. The van der Waals surface area contributed by atoms with Gasteiger partial charge in [-0.25, -0.2) is 9.59 Å². The molecule has 172 valence electrons. The third-order valence-corrected chi connectivity index (χ3v) is 5.72. The second kappa shape index (κ2) is 9.41. The molecule has 2 aromatic rings. The molecule has 0 aliphatic carbocycles. The monoisotopic (exact) mass is 471 g/mol. The summed E-state index contributed by atoms with van der Waals surface area (Å²) < 4.78 is 15.8. The Labute approximate surface area is 195 Å². The van der Waals surface area contributed by atoms with Gasteiger partial charge in [-0.1, -0.05) is 35.9 Å². The zero-order chi connectivity index (χ0) is 23.5. The van der Waals surface area contributed by atoms with Gasteiger partial charge in [-0.05, 0) is 23.8 Å². The molecule has 10 heteroatoms. The number of methoxy groups -OCH3 is 2. The third-order valence-electron chi connectivity index (χ3n) is 5.46. The van der Waals surface area contributed by atoms with Gasteiger partial charge in [0.15, 0.2) is 11.5 Å². The number of esters is 1. The SMILES string of the molecule is COc1cccc(CNC(=O)CN2C(=O)N[C@H](c3ccc(Cl)cc3)C3=C2COC3=O)c1OC. The number of nitrogens with one attached hydrogen (secondary N) is 2. The van der Waals surface area contributed by atoms with Gasteiger partial charge in [-0.2, -0.15) is 0 Å². The van der Waals surface area contributed by atoms with E-state index in [4.69, 9.17) is 25.8 Å². The zero-order valence-electron chi connectivity index (χ0n) is 18.0. The molecule has 0 fully saturated rings. The molecule has 2 aliphatic heterocycles. The minimum absolute atomic E-state index is 0.0807. The lowest BCUT2D eigenvalue weighted by molar-refractivity contribution is -0.136. The standard InChI is InChI=1S/C23H22ClN3O6/c1-31-17-5-3-4-14(21(17)32-2)10-25-18(28)11-27-16-12-33-22(29)19(16)20(26-23(27)30)13-6-8-15(24)9-7-13/h3-9,20H,10-12H2,1-2H3,(H,25,28)(H,26,30)/t20-/m1/s1. The molecule has 2 aliphatic rings. The van der Waals surface area contributed by atoms with E-state index < -0.39 is 23.9 Å². The van der Waals surface area contributed by atoms with E-state index in [1.54, 1.807) is 42.5 Å². The number of hydrogen-bond acceptors (Lipinski definition) is 6. The smallest absolute Gasteiger partial charge is 0.338 e. The number of carbonyl (C=O) groups is 3.